The summed E-state index contributed by atoms with van der Waals surface area (Å²) < 4.78 is 11.3. The maximum atomic E-state index is 13.3. The lowest BCUT2D eigenvalue weighted by atomic mass is 9.95. The van der Waals surface area contributed by atoms with E-state index in [0.29, 0.717) is 13.2 Å². The number of amides is 1. The van der Waals surface area contributed by atoms with Gasteiger partial charge in [-0.05, 0) is 29.7 Å². The van der Waals surface area contributed by atoms with Gasteiger partial charge in [-0.25, -0.2) is 0 Å². The average Bonchev–Trinajstić information content (AvgIpc) is 3.19. The van der Waals surface area contributed by atoms with Crippen molar-refractivity contribution in [2.75, 3.05) is 25.5 Å². The molecule has 0 saturated carbocycles. The molecule has 0 radical (unpaired) electrons. The molecular formula is C21H23NO3S. The van der Waals surface area contributed by atoms with Gasteiger partial charge in [-0.15, -0.1) is 11.8 Å². The predicted octanol–water partition coefficient (Wildman–Crippen LogP) is 4.23. The van der Waals surface area contributed by atoms with Crippen LogP contribution in [0.3, 0.4) is 0 Å². The van der Waals surface area contributed by atoms with Crippen LogP contribution in [0.5, 0.6) is 11.5 Å². The second-order valence-electron chi connectivity index (χ2n) is 6.53. The van der Waals surface area contributed by atoms with Gasteiger partial charge in [-0.1, -0.05) is 43.3 Å². The van der Waals surface area contributed by atoms with Gasteiger partial charge < -0.3 is 14.4 Å². The van der Waals surface area contributed by atoms with Gasteiger partial charge in [0.15, 0.2) is 11.5 Å². The number of benzene rings is 2. The first kappa shape index (κ1) is 17.3. The summed E-state index contributed by atoms with van der Waals surface area (Å²) in [6, 6.07) is 16.1. The molecule has 2 aliphatic rings. The predicted molar refractivity (Wildman–Crippen MR) is 104 cm³/mol. The zero-order chi connectivity index (χ0) is 17.9. The van der Waals surface area contributed by atoms with E-state index in [1.165, 1.54) is 0 Å². The molecule has 2 heterocycles. The Morgan fingerprint density at radius 2 is 1.92 bits per heavy atom. The second kappa shape index (κ2) is 7.62. The summed E-state index contributed by atoms with van der Waals surface area (Å²) in [6.07, 6.45) is 0.803. The van der Waals surface area contributed by atoms with Crippen molar-refractivity contribution in [2.45, 2.75) is 24.6 Å². The third-order valence-corrected chi connectivity index (χ3v) is 6.19. The van der Waals surface area contributed by atoms with E-state index in [4.69, 9.17) is 9.47 Å². The second-order valence-corrected chi connectivity index (χ2v) is 7.72. The Morgan fingerprint density at radius 1 is 1.15 bits per heavy atom. The molecule has 0 spiro atoms. The van der Waals surface area contributed by atoms with Crippen molar-refractivity contribution in [3.8, 4) is 11.5 Å². The third kappa shape index (κ3) is 3.28. The molecule has 1 amide bonds. The minimum atomic E-state index is -0.0883. The van der Waals surface area contributed by atoms with Crippen molar-refractivity contribution in [3.63, 3.8) is 0 Å². The van der Waals surface area contributed by atoms with Crippen LogP contribution in [-0.4, -0.2) is 36.3 Å². The van der Waals surface area contributed by atoms with Gasteiger partial charge in [0, 0.05) is 12.3 Å². The van der Waals surface area contributed by atoms with Crippen molar-refractivity contribution in [1.29, 1.82) is 0 Å². The Hall–Kier alpha value is -2.14. The molecule has 2 atom stereocenters. The highest BCUT2D eigenvalue weighted by molar-refractivity contribution is 7.99. The highest BCUT2D eigenvalue weighted by Gasteiger charge is 2.35. The zero-order valence-electron chi connectivity index (χ0n) is 14.9. The van der Waals surface area contributed by atoms with E-state index in [2.05, 4.69) is 13.0 Å². The highest BCUT2D eigenvalue weighted by atomic mass is 32.2. The molecule has 5 heteroatoms. The summed E-state index contributed by atoms with van der Waals surface area (Å²) in [6.45, 7) is 4.02. The Bertz CT molecular complexity index is 780. The number of rotatable bonds is 4. The summed E-state index contributed by atoms with van der Waals surface area (Å²) in [4.78, 5) is 15.3. The van der Waals surface area contributed by atoms with Crippen LogP contribution in [0, 0.1) is 0 Å². The van der Waals surface area contributed by atoms with Gasteiger partial charge in [0.25, 0.3) is 0 Å². The number of fused-ring (bicyclic) bond motifs is 1. The number of ether oxygens (including phenoxy) is 2. The van der Waals surface area contributed by atoms with Crippen LogP contribution in [0.2, 0.25) is 0 Å². The van der Waals surface area contributed by atoms with Crippen molar-refractivity contribution in [2.24, 2.45) is 0 Å². The molecule has 4 rings (SSSR count). The van der Waals surface area contributed by atoms with E-state index < -0.39 is 0 Å². The van der Waals surface area contributed by atoms with Crippen LogP contribution in [0.1, 0.15) is 35.8 Å². The Labute approximate surface area is 158 Å². The molecule has 26 heavy (non-hydrogen) atoms. The molecule has 2 unspecified atom stereocenters. The Kier molecular flexibility index (Phi) is 5.07. The minimum absolute atomic E-state index is 0.0380. The van der Waals surface area contributed by atoms with E-state index in [1.807, 2.05) is 59.1 Å². The van der Waals surface area contributed by atoms with Crippen LogP contribution in [0.25, 0.3) is 0 Å². The van der Waals surface area contributed by atoms with Crippen LogP contribution < -0.4 is 9.47 Å². The standard InChI is InChI=1S/C21H23NO3S/c1-2-17(15-6-4-3-5-7-15)20(23)22-10-13-26-21(22)16-8-9-18-19(14-16)25-12-11-24-18/h3-9,14,17,21H,2,10-13H2,1H3. The molecule has 2 aromatic rings. The number of hydrogen-bond donors (Lipinski definition) is 0. The van der Waals surface area contributed by atoms with E-state index in [1.54, 1.807) is 0 Å². The molecule has 0 aliphatic carbocycles. The van der Waals surface area contributed by atoms with E-state index in [-0.39, 0.29) is 17.2 Å². The highest BCUT2D eigenvalue weighted by Crippen LogP contribution is 2.43. The summed E-state index contributed by atoms with van der Waals surface area (Å²) >= 11 is 1.81. The van der Waals surface area contributed by atoms with E-state index in [0.717, 1.165) is 41.3 Å². The lowest BCUT2D eigenvalue weighted by molar-refractivity contribution is -0.133. The van der Waals surface area contributed by atoms with Gasteiger partial charge in [0.2, 0.25) is 5.91 Å². The minimum Gasteiger partial charge on any atom is -0.486 e. The van der Waals surface area contributed by atoms with Crippen molar-refractivity contribution in [1.82, 2.24) is 4.90 Å². The average molecular weight is 369 g/mol. The largest absolute Gasteiger partial charge is 0.486 e. The molecule has 136 valence electrons. The smallest absolute Gasteiger partial charge is 0.231 e. The first-order valence-electron chi connectivity index (χ1n) is 9.14. The zero-order valence-corrected chi connectivity index (χ0v) is 15.7. The Morgan fingerprint density at radius 3 is 2.69 bits per heavy atom. The number of nitrogens with zero attached hydrogens (tertiary/aromatic N) is 1. The summed E-state index contributed by atoms with van der Waals surface area (Å²) in [7, 11) is 0. The summed E-state index contributed by atoms with van der Waals surface area (Å²) in [5, 5.41) is 0.0380. The molecule has 0 N–H and O–H groups in total. The topological polar surface area (TPSA) is 38.8 Å². The van der Waals surface area contributed by atoms with Crippen LogP contribution in [0.15, 0.2) is 48.5 Å². The molecule has 2 aromatic carbocycles. The van der Waals surface area contributed by atoms with Gasteiger partial charge in [0.05, 0.1) is 5.92 Å². The van der Waals surface area contributed by atoms with Gasteiger partial charge in [-0.3, -0.25) is 4.79 Å². The quantitative estimate of drug-likeness (QED) is 0.809. The summed E-state index contributed by atoms with van der Waals surface area (Å²) in [5.74, 6) is 2.65. The molecule has 1 fully saturated rings. The maximum absolute atomic E-state index is 13.3. The van der Waals surface area contributed by atoms with E-state index >= 15 is 0 Å². The monoisotopic (exact) mass is 369 g/mol. The van der Waals surface area contributed by atoms with Crippen LogP contribution in [0.4, 0.5) is 0 Å². The van der Waals surface area contributed by atoms with Crippen LogP contribution >= 0.6 is 11.8 Å². The van der Waals surface area contributed by atoms with E-state index in [9.17, 15) is 4.79 Å². The third-order valence-electron chi connectivity index (χ3n) is 4.93. The Balaban J connectivity index is 1.59. The number of hydrogen-bond acceptors (Lipinski definition) is 4. The van der Waals surface area contributed by atoms with Crippen LogP contribution in [-0.2, 0) is 4.79 Å². The van der Waals surface area contributed by atoms with Crippen molar-refractivity contribution < 1.29 is 14.3 Å². The maximum Gasteiger partial charge on any atom is 0.231 e. The van der Waals surface area contributed by atoms with Gasteiger partial charge in [0.1, 0.15) is 18.6 Å². The van der Waals surface area contributed by atoms with Gasteiger partial charge >= 0.3 is 0 Å². The first-order chi connectivity index (χ1) is 12.8. The fourth-order valence-corrected chi connectivity index (χ4v) is 4.88. The lowest BCUT2D eigenvalue weighted by Crippen LogP contribution is -2.34. The SMILES string of the molecule is CCC(C(=O)N1CCSC1c1ccc2c(c1)OCCO2)c1ccccc1. The molecule has 1 saturated heterocycles. The molecule has 0 aromatic heterocycles. The number of carbonyl (C=O) groups is 1. The fraction of sp³-hybridized carbons (Fsp3) is 0.381. The van der Waals surface area contributed by atoms with Gasteiger partial charge in [-0.2, -0.15) is 0 Å². The van der Waals surface area contributed by atoms with Crippen molar-refractivity contribution in [3.05, 3.63) is 59.7 Å². The van der Waals surface area contributed by atoms with Crippen molar-refractivity contribution >= 4 is 17.7 Å². The summed E-state index contributed by atoms with van der Waals surface area (Å²) in [5.41, 5.74) is 2.20. The number of thioether (sulfide) groups is 1. The first-order valence-corrected chi connectivity index (χ1v) is 10.2. The molecule has 4 nitrogen and oxygen atoms in total. The lowest BCUT2D eigenvalue weighted by Gasteiger charge is -2.29. The fourth-order valence-electron chi connectivity index (χ4n) is 3.62. The molecule has 2 aliphatic heterocycles. The molecular weight excluding hydrogens is 346 g/mol. The normalized spacial score (nSPS) is 20.0. The number of carbonyl (C=O) groups excluding carboxylic acids is 1. The molecule has 0 bridgehead atoms.